The third-order valence-corrected chi connectivity index (χ3v) is 6.74. The quantitative estimate of drug-likeness (QED) is 0.287. The van der Waals surface area contributed by atoms with Crippen molar-refractivity contribution in [3.8, 4) is 28.3 Å². The molecule has 0 radical (unpaired) electrons. The summed E-state index contributed by atoms with van der Waals surface area (Å²) in [4.78, 5) is 13.4. The van der Waals surface area contributed by atoms with Crippen LogP contribution in [0.15, 0.2) is 53.0 Å². The van der Waals surface area contributed by atoms with Gasteiger partial charge in [-0.3, -0.25) is 4.79 Å². The highest BCUT2D eigenvalue weighted by Gasteiger charge is 2.30. The Labute approximate surface area is 196 Å². The number of ether oxygens (including phenoxy) is 1. The minimum atomic E-state index is 0.146. The Hall–Kier alpha value is -2.86. The number of hydrogen-bond donors (Lipinski definition) is 0. The molecule has 0 aliphatic carbocycles. The maximum atomic E-state index is 13.4. The van der Waals surface area contributed by atoms with Gasteiger partial charge in [-0.15, -0.1) is 5.10 Å². The molecule has 6 heteroatoms. The third kappa shape index (κ3) is 3.47. The lowest BCUT2D eigenvalue weighted by molar-refractivity contribution is 0.0976. The van der Waals surface area contributed by atoms with Crippen LogP contribution in [0.4, 0.5) is 0 Å². The highest BCUT2D eigenvalue weighted by molar-refractivity contribution is 9.10. The first-order valence-corrected chi connectivity index (χ1v) is 12.0. The number of benzene rings is 2. The summed E-state index contributed by atoms with van der Waals surface area (Å²) in [5.74, 6) is 1.87. The molecule has 2 aromatic heterocycles. The zero-order valence-electron chi connectivity index (χ0n) is 18.4. The smallest absolute Gasteiger partial charge is 0.181 e. The summed E-state index contributed by atoms with van der Waals surface area (Å²) in [6.45, 7) is 2.95. The van der Waals surface area contributed by atoms with Crippen LogP contribution >= 0.6 is 15.9 Å². The van der Waals surface area contributed by atoms with Crippen LogP contribution in [0.1, 0.15) is 48.7 Å². The van der Waals surface area contributed by atoms with E-state index in [1.807, 2.05) is 35.7 Å². The fourth-order valence-corrected chi connectivity index (χ4v) is 4.99. The highest BCUT2D eigenvalue weighted by Crippen LogP contribution is 2.39. The van der Waals surface area contributed by atoms with Gasteiger partial charge >= 0.3 is 0 Å². The molecule has 5 rings (SSSR count). The summed E-state index contributed by atoms with van der Waals surface area (Å²) in [6.07, 6.45) is 4.44. The molecule has 164 valence electrons. The first-order valence-electron chi connectivity index (χ1n) is 11.2. The second-order valence-electron chi connectivity index (χ2n) is 8.28. The normalized spacial score (nSPS) is 13.3. The number of methoxy groups -OCH3 is 1. The number of ketones is 1. The summed E-state index contributed by atoms with van der Waals surface area (Å²) in [5.41, 5.74) is 6.13. The zero-order chi connectivity index (χ0) is 22.2. The average molecular weight is 492 g/mol. The van der Waals surface area contributed by atoms with Crippen molar-refractivity contribution in [1.29, 1.82) is 0 Å². The molecule has 5 nitrogen and oxygen atoms in total. The van der Waals surface area contributed by atoms with E-state index in [9.17, 15) is 4.79 Å². The number of halogens is 1. The lowest BCUT2D eigenvalue weighted by atomic mass is 9.96. The standard InChI is InChI=1S/C26H26BrN3O2/c1-3-6-22(31)24-23(17-10-14-20(32-2)15-11-17)21-7-4-5-16-29-25(28-30(24)26(21)29)18-8-12-19(27)13-9-18/h8-15H,3-7,16H2,1-2H3. The van der Waals surface area contributed by atoms with E-state index in [0.717, 1.165) is 70.6 Å². The summed E-state index contributed by atoms with van der Waals surface area (Å²) in [7, 11) is 1.67. The fraction of sp³-hybridized carbons (Fsp3) is 0.308. The van der Waals surface area contributed by atoms with E-state index in [2.05, 4.69) is 44.8 Å². The van der Waals surface area contributed by atoms with Gasteiger partial charge in [0.25, 0.3) is 0 Å². The van der Waals surface area contributed by atoms with Gasteiger partial charge in [0.15, 0.2) is 11.6 Å². The monoisotopic (exact) mass is 491 g/mol. The minimum Gasteiger partial charge on any atom is -0.497 e. The molecule has 0 spiro atoms. The van der Waals surface area contributed by atoms with Crippen molar-refractivity contribution < 1.29 is 9.53 Å². The molecule has 0 saturated carbocycles. The molecular formula is C26H26BrN3O2. The van der Waals surface area contributed by atoms with Crippen LogP contribution in [0, 0.1) is 0 Å². The number of nitrogens with zero attached hydrogens (tertiary/aromatic N) is 3. The number of carbonyl (C=O) groups excluding carboxylic acids is 1. The van der Waals surface area contributed by atoms with Gasteiger partial charge in [0.2, 0.25) is 0 Å². The molecule has 0 atom stereocenters. The molecular weight excluding hydrogens is 466 g/mol. The van der Waals surface area contributed by atoms with Crippen LogP contribution in [0.25, 0.3) is 28.2 Å². The number of rotatable bonds is 6. The lowest BCUT2D eigenvalue weighted by Crippen LogP contribution is -2.06. The third-order valence-electron chi connectivity index (χ3n) is 6.21. The number of hydrogen-bond acceptors (Lipinski definition) is 3. The van der Waals surface area contributed by atoms with E-state index < -0.39 is 0 Å². The Bertz CT molecular complexity index is 1280. The van der Waals surface area contributed by atoms with Gasteiger partial charge in [-0.2, -0.15) is 0 Å². The molecule has 4 aromatic rings. The van der Waals surface area contributed by atoms with Crippen LogP contribution in [0.3, 0.4) is 0 Å². The first kappa shape index (κ1) is 21.0. The second-order valence-corrected chi connectivity index (χ2v) is 9.19. The largest absolute Gasteiger partial charge is 0.497 e. The second kappa shape index (κ2) is 8.58. The maximum Gasteiger partial charge on any atom is 0.181 e. The molecule has 0 fully saturated rings. The molecule has 3 heterocycles. The van der Waals surface area contributed by atoms with Crippen molar-refractivity contribution in [2.24, 2.45) is 0 Å². The van der Waals surface area contributed by atoms with Crippen LogP contribution in [-0.4, -0.2) is 27.1 Å². The van der Waals surface area contributed by atoms with Crippen molar-refractivity contribution in [2.45, 2.75) is 45.6 Å². The summed E-state index contributed by atoms with van der Waals surface area (Å²) in [5, 5.41) is 5.03. The maximum absolute atomic E-state index is 13.4. The van der Waals surface area contributed by atoms with E-state index in [4.69, 9.17) is 9.84 Å². The van der Waals surface area contributed by atoms with E-state index in [1.54, 1.807) is 7.11 Å². The summed E-state index contributed by atoms with van der Waals surface area (Å²) < 4.78 is 10.6. The van der Waals surface area contributed by atoms with Gasteiger partial charge in [-0.25, -0.2) is 4.52 Å². The van der Waals surface area contributed by atoms with E-state index in [0.29, 0.717) is 12.1 Å². The van der Waals surface area contributed by atoms with Gasteiger partial charge in [-0.1, -0.05) is 47.1 Å². The predicted molar refractivity (Wildman–Crippen MR) is 130 cm³/mol. The van der Waals surface area contributed by atoms with Crippen molar-refractivity contribution >= 4 is 27.4 Å². The van der Waals surface area contributed by atoms with Crippen molar-refractivity contribution in [2.75, 3.05) is 7.11 Å². The first-order chi connectivity index (χ1) is 15.6. The van der Waals surface area contributed by atoms with Crippen LogP contribution in [-0.2, 0) is 13.0 Å². The Kier molecular flexibility index (Phi) is 5.64. The number of Topliss-reactive ketones (excluding diaryl/α,β-unsaturated/α-hetero) is 1. The topological polar surface area (TPSA) is 48.5 Å². The van der Waals surface area contributed by atoms with Gasteiger partial charge in [0.1, 0.15) is 17.1 Å². The van der Waals surface area contributed by atoms with Crippen LogP contribution < -0.4 is 4.74 Å². The van der Waals surface area contributed by atoms with E-state index in [-0.39, 0.29) is 5.78 Å². The number of aryl methyl sites for hydroxylation is 2. The Morgan fingerprint density at radius 2 is 1.78 bits per heavy atom. The Morgan fingerprint density at radius 1 is 1.06 bits per heavy atom. The van der Waals surface area contributed by atoms with Crippen LogP contribution in [0.2, 0.25) is 0 Å². The molecule has 32 heavy (non-hydrogen) atoms. The molecule has 1 aliphatic rings. The molecule has 0 unspecified atom stereocenters. The molecule has 0 saturated heterocycles. The average Bonchev–Trinajstić information content (AvgIpc) is 3.22. The van der Waals surface area contributed by atoms with Gasteiger partial charge in [-0.05, 0) is 55.5 Å². The molecule has 2 aromatic carbocycles. The van der Waals surface area contributed by atoms with Crippen molar-refractivity contribution in [3.05, 3.63) is 64.3 Å². The summed E-state index contributed by atoms with van der Waals surface area (Å²) in [6, 6.07) is 16.3. The molecule has 0 amide bonds. The molecule has 1 aliphatic heterocycles. The fourth-order valence-electron chi connectivity index (χ4n) is 4.72. The predicted octanol–water partition coefficient (Wildman–Crippen LogP) is 6.56. The number of carbonyl (C=O) groups is 1. The van der Waals surface area contributed by atoms with Gasteiger partial charge in [0.05, 0.1) is 7.11 Å². The van der Waals surface area contributed by atoms with Crippen LogP contribution in [0.5, 0.6) is 5.75 Å². The van der Waals surface area contributed by atoms with Crippen molar-refractivity contribution in [1.82, 2.24) is 14.2 Å². The summed E-state index contributed by atoms with van der Waals surface area (Å²) >= 11 is 3.52. The van der Waals surface area contributed by atoms with E-state index >= 15 is 0 Å². The Balaban J connectivity index is 1.80. The lowest BCUT2D eigenvalue weighted by Gasteiger charge is -2.09. The Morgan fingerprint density at radius 3 is 2.47 bits per heavy atom. The van der Waals surface area contributed by atoms with Gasteiger partial charge < -0.3 is 9.30 Å². The van der Waals surface area contributed by atoms with Crippen molar-refractivity contribution in [3.63, 3.8) is 0 Å². The van der Waals surface area contributed by atoms with Gasteiger partial charge in [0, 0.05) is 34.1 Å². The minimum absolute atomic E-state index is 0.146. The highest BCUT2D eigenvalue weighted by atomic mass is 79.9. The zero-order valence-corrected chi connectivity index (χ0v) is 20.0. The molecule has 0 bridgehead atoms. The molecule has 0 N–H and O–H groups in total. The SMILES string of the molecule is CCCC(=O)c1c(-c2ccc(OC)cc2)c2c3n(c(-c4ccc(Br)cc4)nn13)CCCC2. The van der Waals surface area contributed by atoms with E-state index in [1.165, 1.54) is 5.56 Å². The number of aromatic nitrogens is 3.